The Bertz CT molecular complexity index is 362. The van der Waals surface area contributed by atoms with E-state index in [-0.39, 0.29) is 11.8 Å². The van der Waals surface area contributed by atoms with Crippen LogP contribution in [0.3, 0.4) is 0 Å². The number of hydrogen-bond acceptors (Lipinski definition) is 2. The number of benzene rings is 1. The molecule has 1 aromatic rings. The van der Waals surface area contributed by atoms with Gasteiger partial charge in [0.1, 0.15) is 0 Å². The van der Waals surface area contributed by atoms with E-state index in [1.807, 2.05) is 18.2 Å². The molecule has 0 radical (unpaired) electrons. The Morgan fingerprint density at radius 2 is 1.53 bits per heavy atom. The zero-order valence-electron chi connectivity index (χ0n) is 9.10. The van der Waals surface area contributed by atoms with Crippen LogP contribution in [0.4, 0.5) is 5.69 Å². The fourth-order valence-electron chi connectivity index (χ4n) is 1.28. The number of anilines is 1. The predicted octanol–water partition coefficient (Wildman–Crippen LogP) is 1.43. The second kappa shape index (κ2) is 4.59. The largest absolute Gasteiger partial charge is 0.273 e. The number of amides is 2. The first-order valence-corrected chi connectivity index (χ1v) is 4.64. The van der Waals surface area contributed by atoms with E-state index in [0.29, 0.717) is 5.69 Å². The fraction of sp³-hybridized carbons (Fsp3) is 0.273. The molecule has 15 heavy (non-hydrogen) atoms. The summed E-state index contributed by atoms with van der Waals surface area (Å²) in [6, 6.07) is 9.05. The molecule has 0 atom stereocenters. The van der Waals surface area contributed by atoms with Crippen molar-refractivity contribution in [1.29, 1.82) is 0 Å². The first-order chi connectivity index (χ1) is 7.04. The molecule has 1 rings (SSSR count). The van der Waals surface area contributed by atoms with Crippen molar-refractivity contribution in [3.05, 3.63) is 30.3 Å². The van der Waals surface area contributed by atoms with Gasteiger partial charge in [0.15, 0.2) is 0 Å². The lowest BCUT2D eigenvalue weighted by molar-refractivity contribution is -0.133. The van der Waals surface area contributed by atoms with Crippen molar-refractivity contribution in [2.45, 2.75) is 13.8 Å². The van der Waals surface area contributed by atoms with Crippen molar-refractivity contribution in [2.75, 3.05) is 12.1 Å². The normalized spacial score (nSPS) is 9.53. The summed E-state index contributed by atoms with van der Waals surface area (Å²) in [5.41, 5.74) is 0.683. The molecule has 0 aliphatic heterocycles. The summed E-state index contributed by atoms with van der Waals surface area (Å²) in [5, 5.41) is 2.62. The maximum Gasteiger partial charge on any atom is 0.242 e. The second-order valence-corrected chi connectivity index (χ2v) is 3.21. The minimum absolute atomic E-state index is 0.186. The average molecular weight is 206 g/mol. The molecule has 0 saturated carbocycles. The maximum absolute atomic E-state index is 11.4. The third kappa shape index (κ3) is 2.56. The van der Waals surface area contributed by atoms with E-state index in [1.54, 1.807) is 19.2 Å². The molecule has 0 N–H and O–H groups in total. The summed E-state index contributed by atoms with van der Waals surface area (Å²) < 4.78 is 0. The lowest BCUT2D eigenvalue weighted by Crippen LogP contribution is -2.45. The minimum Gasteiger partial charge on any atom is -0.273 e. The zero-order chi connectivity index (χ0) is 11.4. The number of rotatable bonds is 1. The van der Waals surface area contributed by atoms with Gasteiger partial charge in [-0.25, -0.2) is 5.01 Å². The molecule has 0 unspecified atom stereocenters. The van der Waals surface area contributed by atoms with E-state index in [4.69, 9.17) is 0 Å². The molecule has 0 fully saturated rings. The van der Waals surface area contributed by atoms with Crippen molar-refractivity contribution in [3.63, 3.8) is 0 Å². The first-order valence-electron chi connectivity index (χ1n) is 4.64. The lowest BCUT2D eigenvalue weighted by Gasteiger charge is -2.29. The van der Waals surface area contributed by atoms with Gasteiger partial charge in [0.2, 0.25) is 11.8 Å². The van der Waals surface area contributed by atoms with Crippen LogP contribution in [-0.2, 0) is 9.59 Å². The van der Waals surface area contributed by atoms with E-state index >= 15 is 0 Å². The van der Waals surface area contributed by atoms with Crippen molar-refractivity contribution in [3.8, 4) is 0 Å². The highest BCUT2D eigenvalue weighted by molar-refractivity contribution is 5.94. The Morgan fingerprint density at radius 1 is 1.00 bits per heavy atom. The summed E-state index contributed by atoms with van der Waals surface area (Å²) in [6.45, 7) is 2.84. The predicted molar refractivity (Wildman–Crippen MR) is 58.0 cm³/mol. The molecule has 80 valence electrons. The van der Waals surface area contributed by atoms with Crippen LogP contribution < -0.4 is 5.01 Å². The summed E-state index contributed by atoms with van der Waals surface area (Å²) in [6.07, 6.45) is 0. The van der Waals surface area contributed by atoms with Crippen LogP contribution in [0.15, 0.2) is 30.3 Å². The zero-order valence-corrected chi connectivity index (χ0v) is 9.10. The van der Waals surface area contributed by atoms with Gasteiger partial charge in [0, 0.05) is 20.9 Å². The summed E-state index contributed by atoms with van der Waals surface area (Å²) >= 11 is 0. The van der Waals surface area contributed by atoms with Crippen LogP contribution in [0, 0.1) is 0 Å². The van der Waals surface area contributed by atoms with Gasteiger partial charge in [-0.1, -0.05) is 18.2 Å². The molecule has 0 saturated heterocycles. The van der Waals surface area contributed by atoms with E-state index in [9.17, 15) is 9.59 Å². The Hall–Kier alpha value is -1.84. The molecule has 1 aromatic carbocycles. The van der Waals surface area contributed by atoms with Gasteiger partial charge in [0.25, 0.3) is 0 Å². The first kappa shape index (κ1) is 11.2. The van der Waals surface area contributed by atoms with Gasteiger partial charge in [-0.15, -0.1) is 0 Å². The topological polar surface area (TPSA) is 40.6 Å². The molecular weight excluding hydrogens is 192 g/mol. The molecule has 4 heteroatoms. The van der Waals surface area contributed by atoms with Crippen molar-refractivity contribution < 1.29 is 9.59 Å². The highest BCUT2D eigenvalue weighted by Gasteiger charge is 2.18. The molecule has 0 heterocycles. The molecule has 2 amide bonds. The van der Waals surface area contributed by atoms with Gasteiger partial charge >= 0.3 is 0 Å². The number of hydrazine groups is 1. The molecule has 0 aliphatic rings. The Kier molecular flexibility index (Phi) is 3.44. The molecule has 4 nitrogen and oxygen atoms in total. The van der Waals surface area contributed by atoms with Gasteiger partial charge < -0.3 is 0 Å². The van der Waals surface area contributed by atoms with E-state index < -0.39 is 0 Å². The molecular formula is C11H14N2O2. The smallest absolute Gasteiger partial charge is 0.242 e. The molecule has 0 aromatic heterocycles. The molecule has 0 aliphatic carbocycles. The molecule has 0 spiro atoms. The third-order valence-electron chi connectivity index (χ3n) is 2.05. The van der Waals surface area contributed by atoms with E-state index in [1.165, 1.54) is 23.9 Å². The average Bonchev–Trinajstić information content (AvgIpc) is 2.18. The van der Waals surface area contributed by atoms with Crippen LogP contribution in [0.25, 0.3) is 0 Å². The van der Waals surface area contributed by atoms with Gasteiger partial charge in [-0.3, -0.25) is 14.6 Å². The fourth-order valence-corrected chi connectivity index (χ4v) is 1.28. The highest BCUT2D eigenvalue weighted by atomic mass is 16.2. The second-order valence-electron chi connectivity index (χ2n) is 3.21. The maximum atomic E-state index is 11.4. The minimum atomic E-state index is -0.195. The third-order valence-corrected chi connectivity index (χ3v) is 2.05. The van der Waals surface area contributed by atoms with Crippen LogP contribution in [0.2, 0.25) is 0 Å². The van der Waals surface area contributed by atoms with Crippen molar-refractivity contribution in [1.82, 2.24) is 5.01 Å². The summed E-state index contributed by atoms with van der Waals surface area (Å²) in [4.78, 5) is 22.6. The highest BCUT2D eigenvalue weighted by Crippen LogP contribution is 2.15. The van der Waals surface area contributed by atoms with Gasteiger partial charge in [-0.2, -0.15) is 0 Å². The lowest BCUT2D eigenvalue weighted by atomic mass is 10.3. The Labute approximate surface area is 89.1 Å². The Balaban J connectivity index is 3.04. The number of nitrogens with zero attached hydrogens (tertiary/aromatic N) is 2. The number of carbonyl (C=O) groups excluding carboxylic acids is 2. The van der Waals surface area contributed by atoms with E-state index in [2.05, 4.69) is 0 Å². The van der Waals surface area contributed by atoms with Crippen LogP contribution >= 0.6 is 0 Å². The summed E-state index contributed by atoms with van der Waals surface area (Å²) in [5.74, 6) is -0.382. The number of para-hydroxylation sites is 1. The van der Waals surface area contributed by atoms with E-state index in [0.717, 1.165) is 0 Å². The van der Waals surface area contributed by atoms with Crippen molar-refractivity contribution in [2.24, 2.45) is 0 Å². The number of carbonyl (C=O) groups is 2. The number of hydrogen-bond donors (Lipinski definition) is 0. The monoisotopic (exact) mass is 206 g/mol. The summed E-state index contributed by atoms with van der Waals surface area (Å²) in [7, 11) is 1.57. The van der Waals surface area contributed by atoms with Crippen LogP contribution in [0.5, 0.6) is 0 Å². The quantitative estimate of drug-likeness (QED) is 0.652. The van der Waals surface area contributed by atoms with Crippen molar-refractivity contribution >= 4 is 17.5 Å². The van der Waals surface area contributed by atoms with Crippen LogP contribution in [-0.4, -0.2) is 23.9 Å². The SMILES string of the molecule is CC(=O)N(C)N(C(C)=O)c1ccccc1. The van der Waals surface area contributed by atoms with Crippen LogP contribution in [0.1, 0.15) is 13.8 Å². The molecule has 0 bridgehead atoms. The van der Waals surface area contributed by atoms with Gasteiger partial charge in [-0.05, 0) is 12.1 Å². The Morgan fingerprint density at radius 3 is 1.93 bits per heavy atom. The standard InChI is InChI=1S/C11H14N2O2/c1-9(14)12(3)13(10(2)15)11-7-5-4-6-8-11/h4-8H,1-3H3. The van der Waals surface area contributed by atoms with Gasteiger partial charge in [0.05, 0.1) is 5.69 Å².